The standard InChI is InChI=1S/C17H18F3N3O2S/c1-9-21-22-16(26-9)23-7-10-2-3-11(8-23)15(10)25-14-5-4-12(6-13(14)24)17(18,19)20/h4-6,10-11,15,24H,2-3,7-8H2,1H3/t10-,11-/m1/s1. The number of anilines is 1. The Bertz CT molecular complexity index is 797. The molecule has 2 fully saturated rings. The second-order valence-electron chi connectivity index (χ2n) is 6.87. The second kappa shape index (κ2) is 6.29. The first-order chi connectivity index (χ1) is 12.3. The van der Waals surface area contributed by atoms with E-state index >= 15 is 0 Å². The van der Waals surface area contributed by atoms with Gasteiger partial charge in [0.15, 0.2) is 11.5 Å². The first-order valence-corrected chi connectivity index (χ1v) is 9.25. The van der Waals surface area contributed by atoms with Crippen molar-refractivity contribution in [2.75, 3.05) is 18.0 Å². The van der Waals surface area contributed by atoms with Gasteiger partial charge in [0.1, 0.15) is 11.1 Å². The summed E-state index contributed by atoms with van der Waals surface area (Å²) in [5.74, 6) is 0.140. The Morgan fingerprint density at radius 1 is 1.19 bits per heavy atom. The fourth-order valence-electron chi connectivity index (χ4n) is 3.88. The smallest absolute Gasteiger partial charge is 0.416 e. The molecule has 0 spiro atoms. The molecule has 1 aromatic carbocycles. The van der Waals surface area contributed by atoms with Crippen molar-refractivity contribution >= 4 is 16.5 Å². The number of hydrogen-bond donors (Lipinski definition) is 1. The molecule has 1 saturated heterocycles. The molecule has 1 N–H and O–H groups in total. The van der Waals surface area contributed by atoms with Crippen molar-refractivity contribution in [1.29, 1.82) is 0 Å². The molecule has 0 amide bonds. The molecule has 5 nitrogen and oxygen atoms in total. The van der Waals surface area contributed by atoms with E-state index < -0.39 is 17.5 Å². The van der Waals surface area contributed by atoms with Gasteiger partial charge in [-0.05, 0) is 38.0 Å². The number of aromatic nitrogens is 2. The number of aryl methyl sites for hydroxylation is 1. The summed E-state index contributed by atoms with van der Waals surface area (Å²) < 4.78 is 44.1. The largest absolute Gasteiger partial charge is 0.504 e. The molecule has 0 radical (unpaired) electrons. The molecule has 1 aliphatic carbocycles. The molecule has 4 rings (SSSR count). The Morgan fingerprint density at radius 2 is 1.88 bits per heavy atom. The molecule has 2 aromatic rings. The van der Waals surface area contributed by atoms with Crippen LogP contribution in [0.15, 0.2) is 18.2 Å². The van der Waals surface area contributed by atoms with Crippen LogP contribution >= 0.6 is 11.3 Å². The maximum absolute atomic E-state index is 12.7. The number of benzene rings is 1. The Hall–Kier alpha value is -2.03. The van der Waals surface area contributed by atoms with Crippen molar-refractivity contribution in [3.8, 4) is 11.5 Å². The minimum Gasteiger partial charge on any atom is -0.504 e. The van der Waals surface area contributed by atoms with Gasteiger partial charge in [0.2, 0.25) is 5.13 Å². The predicted octanol–water partition coefficient (Wildman–Crippen LogP) is 3.86. The van der Waals surface area contributed by atoms with E-state index in [2.05, 4.69) is 15.1 Å². The lowest BCUT2D eigenvalue weighted by atomic mass is 9.95. The first kappa shape index (κ1) is 17.4. The highest BCUT2D eigenvalue weighted by atomic mass is 32.1. The fourth-order valence-corrected chi connectivity index (χ4v) is 4.58. The van der Waals surface area contributed by atoms with Crippen LogP contribution in [-0.2, 0) is 6.18 Å². The third-order valence-corrected chi connectivity index (χ3v) is 5.98. The van der Waals surface area contributed by atoms with E-state index in [0.29, 0.717) is 0 Å². The summed E-state index contributed by atoms with van der Waals surface area (Å²) in [6.07, 6.45) is -2.61. The van der Waals surface area contributed by atoms with Crippen molar-refractivity contribution in [2.24, 2.45) is 11.8 Å². The van der Waals surface area contributed by atoms with Gasteiger partial charge in [-0.25, -0.2) is 0 Å². The van der Waals surface area contributed by atoms with Crippen LogP contribution in [0, 0.1) is 18.8 Å². The summed E-state index contributed by atoms with van der Waals surface area (Å²) in [6, 6.07) is 2.87. The fraction of sp³-hybridized carbons (Fsp3) is 0.529. The van der Waals surface area contributed by atoms with E-state index in [9.17, 15) is 18.3 Å². The van der Waals surface area contributed by atoms with Crippen molar-refractivity contribution < 1.29 is 23.0 Å². The highest BCUT2D eigenvalue weighted by molar-refractivity contribution is 7.15. The maximum Gasteiger partial charge on any atom is 0.416 e. The second-order valence-corrected chi connectivity index (χ2v) is 8.03. The Kier molecular flexibility index (Phi) is 4.21. The summed E-state index contributed by atoms with van der Waals surface area (Å²) in [4.78, 5) is 2.21. The molecular weight excluding hydrogens is 367 g/mol. The van der Waals surface area contributed by atoms with Crippen LogP contribution in [0.2, 0.25) is 0 Å². The minimum atomic E-state index is -4.49. The van der Waals surface area contributed by atoms with Gasteiger partial charge in [0.05, 0.1) is 5.56 Å². The molecule has 1 aliphatic heterocycles. The van der Waals surface area contributed by atoms with Crippen LogP contribution in [0.1, 0.15) is 23.4 Å². The third-order valence-electron chi connectivity index (χ3n) is 5.08. The average molecular weight is 385 g/mol. The summed E-state index contributed by atoms with van der Waals surface area (Å²) >= 11 is 1.55. The molecular formula is C17H18F3N3O2S. The number of aromatic hydroxyl groups is 1. The lowest BCUT2D eigenvalue weighted by molar-refractivity contribution is -0.137. The SMILES string of the molecule is Cc1nnc(N2C[C@H]3CC[C@H](C2)C3Oc2ccc(C(F)(F)F)cc2O)s1. The van der Waals surface area contributed by atoms with Crippen LogP contribution in [0.5, 0.6) is 11.5 Å². The number of rotatable bonds is 3. The summed E-state index contributed by atoms with van der Waals surface area (Å²) in [6.45, 7) is 3.47. The van der Waals surface area contributed by atoms with Crippen molar-refractivity contribution in [3.05, 3.63) is 28.8 Å². The Balaban J connectivity index is 1.49. The highest BCUT2D eigenvalue weighted by Gasteiger charge is 2.44. The van der Waals surface area contributed by atoms with Gasteiger partial charge >= 0.3 is 6.18 Å². The maximum atomic E-state index is 12.7. The van der Waals surface area contributed by atoms with Gasteiger partial charge in [0, 0.05) is 24.9 Å². The molecule has 140 valence electrons. The van der Waals surface area contributed by atoms with E-state index in [0.717, 1.165) is 48.2 Å². The third kappa shape index (κ3) is 3.20. The van der Waals surface area contributed by atoms with Crippen LogP contribution < -0.4 is 9.64 Å². The number of alkyl halides is 3. The van der Waals surface area contributed by atoms with Crippen LogP contribution in [-0.4, -0.2) is 34.5 Å². The van der Waals surface area contributed by atoms with E-state index in [4.69, 9.17) is 4.74 Å². The molecule has 26 heavy (non-hydrogen) atoms. The number of nitrogens with zero attached hydrogens (tertiary/aromatic N) is 3. The van der Waals surface area contributed by atoms with Gasteiger partial charge in [-0.3, -0.25) is 0 Å². The van der Waals surface area contributed by atoms with Crippen molar-refractivity contribution in [3.63, 3.8) is 0 Å². The van der Waals surface area contributed by atoms with E-state index in [1.165, 1.54) is 6.07 Å². The molecule has 2 aliphatic rings. The van der Waals surface area contributed by atoms with Gasteiger partial charge in [-0.15, -0.1) is 10.2 Å². The number of piperidine rings is 1. The van der Waals surface area contributed by atoms with Crippen LogP contribution in [0.4, 0.5) is 18.3 Å². The summed E-state index contributed by atoms with van der Waals surface area (Å²) in [5.41, 5.74) is -0.883. The van der Waals surface area contributed by atoms with Gasteiger partial charge in [-0.1, -0.05) is 11.3 Å². The zero-order valence-corrected chi connectivity index (χ0v) is 14.8. The number of hydrogen-bond acceptors (Lipinski definition) is 6. The lowest BCUT2D eigenvalue weighted by Gasteiger charge is -2.37. The zero-order chi connectivity index (χ0) is 18.5. The molecule has 9 heteroatoms. The molecule has 1 saturated carbocycles. The Labute approximate surface area is 152 Å². The number of fused-ring (bicyclic) bond motifs is 2. The zero-order valence-electron chi connectivity index (χ0n) is 14.0. The van der Waals surface area contributed by atoms with E-state index in [-0.39, 0.29) is 23.7 Å². The monoisotopic (exact) mass is 385 g/mol. The van der Waals surface area contributed by atoms with Gasteiger partial charge in [-0.2, -0.15) is 13.2 Å². The molecule has 2 atom stereocenters. The topological polar surface area (TPSA) is 58.5 Å². The summed E-state index contributed by atoms with van der Waals surface area (Å²) in [7, 11) is 0. The molecule has 2 bridgehead atoms. The average Bonchev–Trinajstić information content (AvgIpc) is 3.09. The highest BCUT2D eigenvalue weighted by Crippen LogP contribution is 2.43. The number of halogens is 3. The normalized spacial score (nSPS) is 25.5. The quantitative estimate of drug-likeness (QED) is 0.869. The first-order valence-electron chi connectivity index (χ1n) is 8.43. The van der Waals surface area contributed by atoms with Gasteiger partial charge in [0.25, 0.3) is 0 Å². The van der Waals surface area contributed by atoms with E-state index in [1.54, 1.807) is 11.3 Å². The molecule has 1 aromatic heterocycles. The summed E-state index contributed by atoms with van der Waals surface area (Å²) in [5, 5.41) is 20.0. The van der Waals surface area contributed by atoms with Crippen LogP contribution in [0.3, 0.4) is 0 Å². The number of phenolic OH excluding ortho intramolecular Hbond substituents is 1. The van der Waals surface area contributed by atoms with Crippen molar-refractivity contribution in [2.45, 2.75) is 32.0 Å². The molecule has 0 unspecified atom stereocenters. The predicted molar refractivity (Wildman–Crippen MR) is 90.6 cm³/mol. The van der Waals surface area contributed by atoms with Crippen molar-refractivity contribution in [1.82, 2.24) is 10.2 Å². The van der Waals surface area contributed by atoms with Gasteiger partial charge < -0.3 is 14.7 Å². The molecule has 2 heterocycles. The Morgan fingerprint density at radius 3 is 2.42 bits per heavy atom. The number of phenols is 1. The minimum absolute atomic E-state index is 0.108. The van der Waals surface area contributed by atoms with E-state index in [1.807, 2.05) is 6.92 Å². The lowest BCUT2D eigenvalue weighted by Crippen LogP contribution is -2.47. The van der Waals surface area contributed by atoms with Crippen LogP contribution in [0.25, 0.3) is 0 Å². The number of ether oxygens (including phenoxy) is 1.